The molecular weight excluding hydrogens is 773 g/mol. The van der Waals surface area contributed by atoms with Crippen molar-refractivity contribution in [2.45, 2.75) is 20.0 Å². The molecule has 3 heterocycles. The maximum Gasteiger partial charge on any atom is 0.164 e. The Morgan fingerprint density at radius 2 is 0.905 bits per heavy atom. The predicted molar refractivity (Wildman–Crippen MR) is 256 cm³/mol. The third-order valence-electron chi connectivity index (χ3n) is 11.7. The Bertz CT molecular complexity index is 3410. The Hall–Kier alpha value is -8.29. The van der Waals surface area contributed by atoms with Gasteiger partial charge in [0.1, 0.15) is 23.2 Å². The summed E-state index contributed by atoms with van der Waals surface area (Å²) in [5, 5.41) is 5.68. The molecule has 7 heteroatoms. The maximum atomic E-state index is 6.41. The van der Waals surface area contributed by atoms with Crippen LogP contribution in [0, 0.1) is 13.8 Å². The van der Waals surface area contributed by atoms with E-state index in [2.05, 4.69) is 147 Å². The summed E-state index contributed by atoms with van der Waals surface area (Å²) in [4.78, 5) is 25.2. The number of hydrogen-bond donors (Lipinski definition) is 1. The minimum absolute atomic E-state index is 0.277. The van der Waals surface area contributed by atoms with Gasteiger partial charge >= 0.3 is 0 Å². The van der Waals surface area contributed by atoms with Crippen LogP contribution in [-0.2, 0) is 0 Å². The number of rotatable bonds is 8. The topological polar surface area (TPSA) is 88.6 Å². The van der Waals surface area contributed by atoms with Crippen LogP contribution < -0.4 is 5.32 Å². The average Bonchev–Trinajstić information content (AvgIpc) is 3.72. The fraction of sp³-hybridized carbons (Fsp3) is 0.0536. The quantitative estimate of drug-likeness (QED) is 0.165. The van der Waals surface area contributed by atoms with Crippen LogP contribution >= 0.6 is 0 Å². The molecule has 0 saturated heterocycles. The van der Waals surface area contributed by atoms with E-state index in [1.54, 1.807) is 0 Å². The van der Waals surface area contributed by atoms with Crippen LogP contribution in [0.3, 0.4) is 0 Å². The molecule has 1 unspecified atom stereocenters. The van der Waals surface area contributed by atoms with Gasteiger partial charge in [-0.1, -0.05) is 158 Å². The highest BCUT2D eigenvalue weighted by molar-refractivity contribution is 6.14. The van der Waals surface area contributed by atoms with Crippen LogP contribution in [0.1, 0.15) is 34.0 Å². The van der Waals surface area contributed by atoms with E-state index in [1.807, 2.05) is 66.7 Å². The maximum absolute atomic E-state index is 6.41. The fourth-order valence-electron chi connectivity index (χ4n) is 8.34. The van der Waals surface area contributed by atoms with E-state index in [0.717, 1.165) is 94.5 Å². The number of aromatic nitrogens is 3. The zero-order valence-electron chi connectivity index (χ0n) is 34.7. The molecule has 0 spiro atoms. The number of hydrogen-bond acceptors (Lipinski definition) is 7. The summed E-state index contributed by atoms with van der Waals surface area (Å²) in [6, 6.07) is 66.6. The molecule has 0 amide bonds. The number of nitrogens with zero attached hydrogens (tertiary/aromatic N) is 5. The first-order valence-corrected chi connectivity index (χ1v) is 21.1. The summed E-state index contributed by atoms with van der Waals surface area (Å²) in [7, 11) is 0. The number of fused-ring (bicyclic) bond motifs is 3. The van der Waals surface area contributed by atoms with Gasteiger partial charge in [0.2, 0.25) is 0 Å². The molecule has 1 aliphatic heterocycles. The highest BCUT2D eigenvalue weighted by atomic mass is 16.3. The zero-order chi connectivity index (χ0) is 42.3. The molecule has 1 N–H and O–H groups in total. The lowest BCUT2D eigenvalue weighted by molar-refractivity contribution is 0.669. The summed E-state index contributed by atoms with van der Waals surface area (Å²) < 4.78 is 6.41. The summed E-state index contributed by atoms with van der Waals surface area (Å²) >= 11 is 0. The van der Waals surface area contributed by atoms with E-state index in [1.165, 1.54) is 0 Å². The number of benzene rings is 8. The summed E-state index contributed by atoms with van der Waals surface area (Å²) in [5.41, 5.74) is 14.1. The molecule has 11 rings (SSSR count). The number of nitrogens with one attached hydrogen (secondary N) is 1. The highest BCUT2D eigenvalue weighted by Crippen LogP contribution is 2.37. The number of aliphatic imine (C=N–C) groups is 2. The largest absolute Gasteiger partial charge is 0.456 e. The number of aryl methyl sites for hydroxylation is 2. The lowest BCUT2D eigenvalue weighted by Crippen LogP contribution is -2.34. The van der Waals surface area contributed by atoms with Crippen molar-refractivity contribution in [3.05, 3.63) is 222 Å². The number of furan rings is 1. The Labute approximate surface area is 365 Å². The van der Waals surface area contributed by atoms with Crippen LogP contribution in [0.25, 0.3) is 78.4 Å². The molecule has 0 aliphatic carbocycles. The van der Waals surface area contributed by atoms with Gasteiger partial charge in [-0.3, -0.25) is 0 Å². The standard InChI is InChI=1S/C56H40N6O/c1-35-15-9-11-25-45(35)55-59-51(37-17-5-3-6-18-37)57-53(61-55)43-23-13-21-39(31-43)41-27-29-49-47(33-41)48-34-42(28-30-50(48)63-49)40-22-14-24-44(32-40)54-58-52(38-19-7-4-8-20-38)60-56(62-54)46-26-12-10-16-36(46)2/h3-34,51H,1-2H3,(H,57,59,61). The molecule has 0 bridgehead atoms. The van der Waals surface area contributed by atoms with Crippen LogP contribution in [0.4, 0.5) is 0 Å². The minimum Gasteiger partial charge on any atom is -0.456 e. The highest BCUT2D eigenvalue weighted by Gasteiger charge is 2.22. The Balaban J connectivity index is 0.956. The van der Waals surface area contributed by atoms with Gasteiger partial charge in [0.05, 0.1) is 0 Å². The van der Waals surface area contributed by atoms with Crippen molar-refractivity contribution in [3.8, 4) is 56.4 Å². The second-order valence-electron chi connectivity index (χ2n) is 15.9. The van der Waals surface area contributed by atoms with E-state index >= 15 is 0 Å². The van der Waals surface area contributed by atoms with Gasteiger partial charge in [0, 0.05) is 38.6 Å². The molecule has 2 aromatic heterocycles. The first-order chi connectivity index (χ1) is 31.0. The average molecular weight is 813 g/mol. The molecule has 0 saturated carbocycles. The molecule has 8 aromatic carbocycles. The molecule has 10 aromatic rings. The second-order valence-corrected chi connectivity index (χ2v) is 15.9. The Morgan fingerprint density at radius 1 is 0.413 bits per heavy atom. The smallest absolute Gasteiger partial charge is 0.164 e. The first-order valence-electron chi connectivity index (χ1n) is 21.1. The van der Waals surface area contributed by atoms with Gasteiger partial charge in [-0.15, -0.1) is 0 Å². The van der Waals surface area contributed by atoms with E-state index < -0.39 is 0 Å². The van der Waals surface area contributed by atoms with E-state index in [-0.39, 0.29) is 6.17 Å². The van der Waals surface area contributed by atoms with Gasteiger partial charge in [-0.25, -0.2) is 24.9 Å². The molecule has 0 radical (unpaired) electrons. The van der Waals surface area contributed by atoms with Crippen molar-refractivity contribution in [1.82, 2.24) is 20.3 Å². The van der Waals surface area contributed by atoms with Crippen molar-refractivity contribution in [2.24, 2.45) is 9.98 Å². The molecule has 1 atom stereocenters. The normalized spacial score (nSPS) is 13.7. The van der Waals surface area contributed by atoms with Crippen LogP contribution in [0.2, 0.25) is 0 Å². The SMILES string of the molecule is Cc1ccccc1C1=NC(c2cccc(-c3ccc4oc5ccc(-c6cccc(-c7nc(-c8ccccc8)nc(-c8ccccc8C)n7)c6)cc5c4c3)c2)=NC(c2ccccc2)N1. The lowest BCUT2D eigenvalue weighted by atomic mass is 9.98. The second kappa shape index (κ2) is 16.0. The van der Waals surface area contributed by atoms with Crippen LogP contribution in [-0.4, -0.2) is 26.6 Å². The molecule has 1 aliphatic rings. The van der Waals surface area contributed by atoms with Gasteiger partial charge in [-0.05, 0) is 89.2 Å². The van der Waals surface area contributed by atoms with Gasteiger partial charge in [-0.2, -0.15) is 0 Å². The molecule has 7 nitrogen and oxygen atoms in total. The van der Waals surface area contributed by atoms with Crippen molar-refractivity contribution in [3.63, 3.8) is 0 Å². The Kier molecular flexibility index (Phi) is 9.55. The van der Waals surface area contributed by atoms with Crippen LogP contribution in [0.15, 0.2) is 209 Å². The fourth-order valence-corrected chi connectivity index (χ4v) is 8.34. The van der Waals surface area contributed by atoms with E-state index in [0.29, 0.717) is 23.3 Å². The van der Waals surface area contributed by atoms with Crippen LogP contribution in [0.5, 0.6) is 0 Å². The van der Waals surface area contributed by atoms with Gasteiger partial charge in [0.25, 0.3) is 0 Å². The predicted octanol–water partition coefficient (Wildman–Crippen LogP) is 13.2. The summed E-state index contributed by atoms with van der Waals surface area (Å²) in [6.07, 6.45) is -0.277. The van der Waals surface area contributed by atoms with Crippen molar-refractivity contribution in [1.29, 1.82) is 0 Å². The molecular formula is C56H40N6O. The van der Waals surface area contributed by atoms with Crippen molar-refractivity contribution >= 4 is 33.6 Å². The Morgan fingerprint density at radius 3 is 1.56 bits per heavy atom. The van der Waals surface area contributed by atoms with Gasteiger partial charge < -0.3 is 9.73 Å². The van der Waals surface area contributed by atoms with E-state index in [9.17, 15) is 0 Å². The zero-order valence-corrected chi connectivity index (χ0v) is 34.7. The first kappa shape index (κ1) is 37.7. The molecule has 0 fully saturated rings. The summed E-state index contributed by atoms with van der Waals surface area (Å²) in [6.45, 7) is 4.19. The minimum atomic E-state index is -0.277. The lowest BCUT2D eigenvalue weighted by Gasteiger charge is -2.24. The number of amidine groups is 2. The third kappa shape index (κ3) is 7.36. The monoisotopic (exact) mass is 812 g/mol. The van der Waals surface area contributed by atoms with Gasteiger partial charge in [0.15, 0.2) is 23.3 Å². The van der Waals surface area contributed by atoms with E-state index in [4.69, 9.17) is 29.4 Å². The third-order valence-corrected chi connectivity index (χ3v) is 11.7. The molecule has 300 valence electrons. The summed E-state index contributed by atoms with van der Waals surface area (Å²) in [5.74, 6) is 3.40. The molecule has 63 heavy (non-hydrogen) atoms. The van der Waals surface area contributed by atoms with Crippen molar-refractivity contribution < 1.29 is 4.42 Å². The van der Waals surface area contributed by atoms with Crippen molar-refractivity contribution in [2.75, 3.05) is 0 Å².